The average Bonchev–Trinajstić information content (AvgIpc) is 2.84. The molecule has 2 rings (SSSR count). The summed E-state index contributed by atoms with van der Waals surface area (Å²) in [7, 11) is 0. The lowest BCUT2D eigenvalue weighted by Crippen LogP contribution is -2.21. The molecule has 0 aliphatic carbocycles. The maximum absolute atomic E-state index is 11.0. The van der Waals surface area contributed by atoms with E-state index in [-0.39, 0.29) is 16.7 Å². The Morgan fingerprint density at radius 1 is 1.38 bits per heavy atom. The molecule has 0 aliphatic rings. The van der Waals surface area contributed by atoms with E-state index in [1.165, 1.54) is 4.88 Å². The van der Waals surface area contributed by atoms with Crippen molar-refractivity contribution in [2.24, 2.45) is 0 Å². The van der Waals surface area contributed by atoms with Crippen molar-refractivity contribution in [3.8, 4) is 0 Å². The highest BCUT2D eigenvalue weighted by Gasteiger charge is 2.14. The first-order valence-electron chi connectivity index (χ1n) is 6.70. The summed E-state index contributed by atoms with van der Waals surface area (Å²) in [5, 5.41) is 14.4. The van der Waals surface area contributed by atoms with Crippen LogP contribution in [-0.4, -0.2) is 11.5 Å². The third-order valence-corrected chi connectivity index (χ3v) is 5.06. The summed E-state index contributed by atoms with van der Waals surface area (Å²) in [6.07, 6.45) is 0.953. The summed E-state index contributed by atoms with van der Waals surface area (Å²) in [5.74, 6) is 0. The van der Waals surface area contributed by atoms with E-state index in [0.29, 0.717) is 5.56 Å². The summed E-state index contributed by atoms with van der Waals surface area (Å²) in [5.41, 5.74) is 1.82. The summed E-state index contributed by atoms with van der Waals surface area (Å²) in [6, 6.07) is 9.66. The van der Waals surface area contributed by atoms with Gasteiger partial charge in [0.1, 0.15) is 0 Å². The van der Waals surface area contributed by atoms with E-state index in [9.17, 15) is 10.1 Å². The van der Waals surface area contributed by atoms with Crippen molar-refractivity contribution in [3.05, 3.63) is 60.2 Å². The summed E-state index contributed by atoms with van der Waals surface area (Å²) in [4.78, 5) is 12.0. The van der Waals surface area contributed by atoms with Gasteiger partial charge in [-0.25, -0.2) is 0 Å². The minimum absolute atomic E-state index is 0.0905. The van der Waals surface area contributed by atoms with Crippen LogP contribution in [-0.2, 0) is 6.42 Å². The molecule has 1 atom stereocenters. The van der Waals surface area contributed by atoms with Gasteiger partial charge < -0.3 is 5.32 Å². The Hall–Kier alpha value is -1.24. The molecule has 112 valence electrons. The van der Waals surface area contributed by atoms with Gasteiger partial charge in [0.25, 0.3) is 5.69 Å². The fourth-order valence-corrected chi connectivity index (χ4v) is 3.59. The van der Waals surface area contributed by atoms with Gasteiger partial charge in [-0.1, -0.05) is 12.1 Å². The van der Waals surface area contributed by atoms with Crippen LogP contribution in [0.15, 0.2) is 34.1 Å². The van der Waals surface area contributed by atoms with Crippen molar-refractivity contribution < 1.29 is 4.92 Å². The number of hydrogen-bond donors (Lipinski definition) is 1. The number of benzene rings is 1. The van der Waals surface area contributed by atoms with Crippen LogP contribution < -0.4 is 5.32 Å². The molecule has 21 heavy (non-hydrogen) atoms. The summed E-state index contributed by atoms with van der Waals surface area (Å²) in [6.45, 7) is 4.63. The van der Waals surface area contributed by atoms with Crippen LogP contribution in [0.25, 0.3) is 0 Å². The first-order chi connectivity index (χ1) is 9.97. The lowest BCUT2D eigenvalue weighted by molar-refractivity contribution is -0.385. The van der Waals surface area contributed by atoms with Gasteiger partial charge in [0.15, 0.2) is 0 Å². The number of thiophene rings is 1. The molecule has 1 heterocycles. The van der Waals surface area contributed by atoms with Gasteiger partial charge in [-0.3, -0.25) is 10.1 Å². The van der Waals surface area contributed by atoms with E-state index >= 15 is 0 Å². The summed E-state index contributed by atoms with van der Waals surface area (Å²) < 4.78 is 1.14. The molecule has 1 N–H and O–H groups in total. The molecule has 0 saturated carbocycles. The van der Waals surface area contributed by atoms with Crippen molar-refractivity contribution in [2.75, 3.05) is 6.54 Å². The molecule has 0 saturated heterocycles. The molecule has 0 amide bonds. The Kier molecular flexibility index (Phi) is 5.50. The normalized spacial score (nSPS) is 12.3. The van der Waals surface area contributed by atoms with Crippen LogP contribution in [0.4, 0.5) is 5.69 Å². The second kappa shape index (κ2) is 7.15. The van der Waals surface area contributed by atoms with Crippen molar-refractivity contribution in [3.63, 3.8) is 0 Å². The molecule has 1 unspecified atom stereocenters. The first-order valence-corrected chi connectivity index (χ1v) is 8.31. The molecule has 6 heteroatoms. The van der Waals surface area contributed by atoms with Gasteiger partial charge in [0.2, 0.25) is 0 Å². The maximum atomic E-state index is 11.0. The monoisotopic (exact) mass is 368 g/mol. The number of nitrogens with one attached hydrogen (secondary N) is 1. The minimum atomic E-state index is -0.325. The van der Waals surface area contributed by atoms with Gasteiger partial charge in [-0.05, 0) is 53.9 Å². The van der Waals surface area contributed by atoms with E-state index in [1.54, 1.807) is 24.3 Å². The predicted octanol–water partition coefficient (Wildman–Crippen LogP) is 4.62. The highest BCUT2D eigenvalue weighted by Crippen LogP contribution is 2.24. The Morgan fingerprint density at radius 3 is 2.76 bits per heavy atom. The molecule has 4 nitrogen and oxygen atoms in total. The number of halogens is 1. The Balaban J connectivity index is 1.95. The van der Waals surface area contributed by atoms with Gasteiger partial charge in [-0.15, -0.1) is 11.3 Å². The molecule has 0 fully saturated rings. The third-order valence-electron chi connectivity index (χ3n) is 3.38. The molecule has 0 radical (unpaired) electrons. The molecule has 2 aromatic rings. The van der Waals surface area contributed by atoms with Crippen LogP contribution in [0.2, 0.25) is 0 Å². The Morgan fingerprint density at radius 2 is 2.14 bits per heavy atom. The SMILES string of the molecule is Cc1ccc(C(C)NCCc2ccc(Br)s2)cc1[N+](=O)[O-]. The first kappa shape index (κ1) is 16.1. The van der Waals surface area contributed by atoms with Crippen molar-refractivity contribution >= 4 is 33.0 Å². The fourth-order valence-electron chi connectivity index (χ4n) is 2.11. The van der Waals surface area contributed by atoms with E-state index in [0.717, 1.165) is 22.3 Å². The fraction of sp³-hybridized carbons (Fsp3) is 0.333. The average molecular weight is 369 g/mol. The zero-order chi connectivity index (χ0) is 15.4. The number of rotatable bonds is 6. The standard InChI is InChI=1S/C15H17BrN2O2S/c1-10-3-4-12(9-14(10)18(19)20)11(2)17-8-7-13-5-6-15(16)21-13/h3-6,9,11,17H,7-8H2,1-2H3. The quantitative estimate of drug-likeness (QED) is 0.597. The van der Waals surface area contributed by atoms with Crippen LogP contribution >= 0.6 is 27.3 Å². The Bertz CT molecular complexity index is 642. The van der Waals surface area contributed by atoms with Crippen LogP contribution in [0, 0.1) is 17.0 Å². The predicted molar refractivity (Wildman–Crippen MR) is 90.0 cm³/mol. The zero-order valence-corrected chi connectivity index (χ0v) is 14.3. The second-order valence-corrected chi connectivity index (χ2v) is 7.48. The second-order valence-electron chi connectivity index (χ2n) is 4.93. The Labute approximate surface area is 136 Å². The highest BCUT2D eigenvalue weighted by molar-refractivity contribution is 9.11. The largest absolute Gasteiger partial charge is 0.310 e. The van der Waals surface area contributed by atoms with Crippen molar-refractivity contribution in [2.45, 2.75) is 26.3 Å². The molecule has 0 aliphatic heterocycles. The number of nitro groups is 1. The lowest BCUT2D eigenvalue weighted by Gasteiger charge is -2.14. The van der Waals surface area contributed by atoms with Gasteiger partial charge in [0.05, 0.1) is 8.71 Å². The van der Waals surface area contributed by atoms with E-state index in [4.69, 9.17) is 0 Å². The topological polar surface area (TPSA) is 55.2 Å². The molecule has 0 bridgehead atoms. The molecule has 0 spiro atoms. The molecular weight excluding hydrogens is 352 g/mol. The number of nitro benzene ring substituents is 1. The molecule has 1 aromatic carbocycles. The van der Waals surface area contributed by atoms with Crippen LogP contribution in [0.3, 0.4) is 0 Å². The van der Waals surface area contributed by atoms with Crippen molar-refractivity contribution in [1.82, 2.24) is 5.32 Å². The van der Waals surface area contributed by atoms with Gasteiger partial charge in [0, 0.05) is 29.1 Å². The number of aryl methyl sites for hydroxylation is 1. The van der Waals surface area contributed by atoms with E-state index in [1.807, 2.05) is 25.1 Å². The van der Waals surface area contributed by atoms with E-state index < -0.39 is 0 Å². The van der Waals surface area contributed by atoms with Gasteiger partial charge >= 0.3 is 0 Å². The number of nitrogens with zero attached hydrogens (tertiary/aromatic N) is 1. The minimum Gasteiger partial charge on any atom is -0.310 e. The maximum Gasteiger partial charge on any atom is 0.272 e. The van der Waals surface area contributed by atoms with E-state index in [2.05, 4.69) is 27.3 Å². The number of hydrogen-bond acceptors (Lipinski definition) is 4. The van der Waals surface area contributed by atoms with Crippen LogP contribution in [0.1, 0.15) is 29.0 Å². The third kappa shape index (κ3) is 4.36. The molecule has 1 aromatic heterocycles. The highest BCUT2D eigenvalue weighted by atomic mass is 79.9. The van der Waals surface area contributed by atoms with Crippen LogP contribution in [0.5, 0.6) is 0 Å². The molecular formula is C15H17BrN2O2S. The van der Waals surface area contributed by atoms with Gasteiger partial charge in [-0.2, -0.15) is 0 Å². The zero-order valence-electron chi connectivity index (χ0n) is 11.9. The van der Waals surface area contributed by atoms with Crippen molar-refractivity contribution in [1.29, 1.82) is 0 Å². The smallest absolute Gasteiger partial charge is 0.272 e. The summed E-state index contributed by atoms with van der Waals surface area (Å²) >= 11 is 5.18. The lowest BCUT2D eigenvalue weighted by atomic mass is 10.0.